The lowest BCUT2D eigenvalue weighted by atomic mass is 9.93. The maximum absolute atomic E-state index is 13.4. The van der Waals surface area contributed by atoms with Gasteiger partial charge >= 0.3 is 5.97 Å². The van der Waals surface area contributed by atoms with Crippen LogP contribution in [0.5, 0.6) is 11.5 Å². The van der Waals surface area contributed by atoms with Crippen molar-refractivity contribution in [1.82, 2.24) is 5.32 Å². The highest BCUT2D eigenvalue weighted by Gasteiger charge is 2.23. The third-order valence-electron chi connectivity index (χ3n) is 6.87. The number of carboxylic acids is 1. The summed E-state index contributed by atoms with van der Waals surface area (Å²) in [7, 11) is 0. The van der Waals surface area contributed by atoms with Crippen LogP contribution < -0.4 is 14.8 Å². The lowest BCUT2D eigenvalue weighted by Gasteiger charge is -2.20. The Hall–Kier alpha value is -3.14. The molecule has 3 aromatic carbocycles. The Morgan fingerprint density at radius 3 is 2.56 bits per heavy atom. The number of aliphatic carboxylic acids is 1. The number of aryl methyl sites for hydroxylation is 1. The Labute approximate surface area is 250 Å². The van der Waals surface area contributed by atoms with Gasteiger partial charge in [0.15, 0.2) is 11.5 Å². The molecular formula is C32H37NO6S2. The summed E-state index contributed by atoms with van der Waals surface area (Å²) in [6.45, 7) is 4.76. The summed E-state index contributed by atoms with van der Waals surface area (Å²) in [6.07, 6.45) is 2.99. The van der Waals surface area contributed by atoms with Crippen LogP contribution in [-0.4, -0.2) is 59.4 Å². The summed E-state index contributed by atoms with van der Waals surface area (Å²) in [4.78, 5) is 25.2. The highest BCUT2D eigenvalue weighted by molar-refractivity contribution is 7.99. The second kappa shape index (κ2) is 15.2. The van der Waals surface area contributed by atoms with Gasteiger partial charge in [-0.05, 0) is 89.6 Å². The van der Waals surface area contributed by atoms with Crippen molar-refractivity contribution in [2.75, 3.05) is 30.3 Å². The number of nitrogens with one attached hydrogen (secondary N) is 1. The van der Waals surface area contributed by atoms with Crippen LogP contribution in [0.4, 0.5) is 0 Å². The molecule has 0 aromatic heterocycles. The van der Waals surface area contributed by atoms with E-state index in [1.807, 2.05) is 79.5 Å². The Morgan fingerprint density at radius 2 is 1.80 bits per heavy atom. The first-order chi connectivity index (χ1) is 19.9. The number of thioether (sulfide) groups is 2. The van der Waals surface area contributed by atoms with E-state index in [1.165, 1.54) is 0 Å². The van der Waals surface area contributed by atoms with Crippen molar-refractivity contribution in [3.63, 3.8) is 0 Å². The van der Waals surface area contributed by atoms with Gasteiger partial charge in [-0.1, -0.05) is 43.3 Å². The molecule has 0 aliphatic carbocycles. The number of hydrogen-bond donors (Lipinski definition) is 2. The molecular weight excluding hydrogens is 558 g/mol. The number of ether oxygens (including phenoxy) is 3. The topological polar surface area (TPSA) is 94.1 Å². The molecule has 4 rings (SSSR count). The van der Waals surface area contributed by atoms with Gasteiger partial charge in [0.1, 0.15) is 6.04 Å². The van der Waals surface area contributed by atoms with Crippen molar-refractivity contribution in [3.05, 3.63) is 82.9 Å². The number of rotatable bonds is 15. The number of fused-ring (bicyclic) bond motifs is 1. The van der Waals surface area contributed by atoms with Crippen molar-refractivity contribution >= 4 is 35.4 Å². The molecule has 0 saturated carbocycles. The van der Waals surface area contributed by atoms with Crippen LogP contribution in [-0.2, 0) is 22.6 Å². The van der Waals surface area contributed by atoms with Gasteiger partial charge in [-0.2, -0.15) is 23.5 Å². The van der Waals surface area contributed by atoms with Crippen molar-refractivity contribution < 1.29 is 28.9 Å². The van der Waals surface area contributed by atoms with Gasteiger partial charge in [0.05, 0.1) is 12.7 Å². The van der Waals surface area contributed by atoms with E-state index in [2.05, 4.69) is 12.2 Å². The van der Waals surface area contributed by atoms with Crippen LogP contribution in [0.15, 0.2) is 60.7 Å². The third-order valence-corrected chi connectivity index (χ3v) is 8.53. The predicted molar refractivity (Wildman–Crippen MR) is 166 cm³/mol. The van der Waals surface area contributed by atoms with Crippen LogP contribution in [0.3, 0.4) is 0 Å². The lowest BCUT2D eigenvalue weighted by molar-refractivity contribution is -0.139. The van der Waals surface area contributed by atoms with E-state index in [1.54, 1.807) is 17.8 Å². The molecule has 7 nitrogen and oxygen atoms in total. The number of carbonyl (C=O) groups is 2. The molecule has 0 saturated heterocycles. The van der Waals surface area contributed by atoms with Crippen molar-refractivity contribution in [1.29, 1.82) is 0 Å². The smallest absolute Gasteiger partial charge is 0.326 e. The Bertz CT molecular complexity index is 1350. The normalized spacial score (nSPS) is 13.5. The highest BCUT2D eigenvalue weighted by Crippen LogP contribution is 2.33. The molecule has 2 atom stereocenters. The van der Waals surface area contributed by atoms with E-state index in [0.717, 1.165) is 57.2 Å². The second-order valence-corrected chi connectivity index (χ2v) is 12.1. The zero-order valence-corrected chi connectivity index (χ0v) is 25.3. The van der Waals surface area contributed by atoms with E-state index in [4.69, 9.17) is 14.2 Å². The summed E-state index contributed by atoms with van der Waals surface area (Å²) < 4.78 is 17.4. The van der Waals surface area contributed by atoms with Gasteiger partial charge in [0.25, 0.3) is 5.91 Å². The third kappa shape index (κ3) is 8.44. The molecule has 3 aromatic rings. The minimum Gasteiger partial charge on any atom is -0.480 e. The first kappa shape index (κ1) is 30.8. The Morgan fingerprint density at radius 1 is 1.02 bits per heavy atom. The van der Waals surface area contributed by atoms with Gasteiger partial charge in [-0.15, -0.1) is 0 Å². The molecule has 0 bridgehead atoms. The summed E-state index contributed by atoms with van der Waals surface area (Å²) in [5.41, 5.74) is 5.21. The Kier molecular flexibility index (Phi) is 11.4. The molecule has 2 N–H and O–H groups in total. The average molecular weight is 596 g/mol. The van der Waals surface area contributed by atoms with Crippen LogP contribution >= 0.6 is 23.5 Å². The van der Waals surface area contributed by atoms with E-state index >= 15 is 0 Å². The van der Waals surface area contributed by atoms with E-state index < -0.39 is 17.9 Å². The monoisotopic (exact) mass is 595 g/mol. The van der Waals surface area contributed by atoms with Crippen LogP contribution in [0.25, 0.3) is 11.1 Å². The molecule has 2 unspecified atom stereocenters. The first-order valence-electron chi connectivity index (χ1n) is 13.7. The quantitative estimate of drug-likeness (QED) is 0.214. The SMILES string of the molecule is CCSCC(Cc1ccc2c(c1)OCO2)OCc1ccc(C(=O)NC(CCSC)C(=O)O)c(-c2ccccc2C)c1. The van der Waals surface area contributed by atoms with Crippen LogP contribution in [0.1, 0.15) is 40.4 Å². The van der Waals surface area contributed by atoms with Crippen molar-refractivity contribution in [2.24, 2.45) is 0 Å². The minimum absolute atomic E-state index is 0.0158. The standard InChI is InChI=1S/C32H37NO6S2/c1-4-41-19-24(15-22-10-12-29-30(17-22)39-20-38-29)37-18-23-9-11-26(27(16-23)25-8-6-5-7-21(25)2)31(34)33-28(32(35)36)13-14-40-3/h5-12,16-17,24,28H,4,13-15,18-20H2,1-3H3,(H,33,34)(H,35,36). The number of carbonyl (C=O) groups excluding carboxylic acids is 1. The number of hydrogen-bond acceptors (Lipinski definition) is 7. The minimum atomic E-state index is -1.03. The first-order valence-corrected chi connectivity index (χ1v) is 16.2. The largest absolute Gasteiger partial charge is 0.480 e. The molecule has 41 heavy (non-hydrogen) atoms. The molecule has 1 heterocycles. The van der Waals surface area contributed by atoms with Gasteiger partial charge in [-0.3, -0.25) is 4.79 Å². The summed E-state index contributed by atoms with van der Waals surface area (Å²) >= 11 is 3.38. The number of benzene rings is 3. The van der Waals surface area contributed by atoms with E-state index in [-0.39, 0.29) is 12.9 Å². The molecule has 9 heteroatoms. The van der Waals surface area contributed by atoms with E-state index in [0.29, 0.717) is 24.3 Å². The summed E-state index contributed by atoms with van der Waals surface area (Å²) in [5.74, 6) is 2.58. The van der Waals surface area contributed by atoms with Gasteiger partial charge < -0.3 is 24.6 Å². The fourth-order valence-electron chi connectivity index (χ4n) is 4.67. The van der Waals surface area contributed by atoms with Gasteiger partial charge in [0, 0.05) is 11.3 Å². The fourth-order valence-corrected chi connectivity index (χ4v) is 5.85. The predicted octanol–water partition coefficient (Wildman–Crippen LogP) is 6.21. The maximum atomic E-state index is 13.4. The van der Waals surface area contributed by atoms with E-state index in [9.17, 15) is 14.7 Å². The second-order valence-electron chi connectivity index (χ2n) is 9.82. The van der Waals surface area contributed by atoms with Gasteiger partial charge in [0.2, 0.25) is 6.79 Å². The maximum Gasteiger partial charge on any atom is 0.326 e. The van der Waals surface area contributed by atoms with Gasteiger partial charge in [-0.25, -0.2) is 4.79 Å². The molecule has 0 radical (unpaired) electrons. The highest BCUT2D eigenvalue weighted by atomic mass is 32.2. The zero-order chi connectivity index (χ0) is 29.2. The van der Waals surface area contributed by atoms with Crippen LogP contribution in [0.2, 0.25) is 0 Å². The number of amides is 1. The molecule has 0 spiro atoms. The van der Waals surface area contributed by atoms with Crippen molar-refractivity contribution in [2.45, 2.75) is 45.4 Å². The number of carboxylic acid groups (broad SMARTS) is 1. The van der Waals surface area contributed by atoms with Crippen molar-refractivity contribution in [3.8, 4) is 22.6 Å². The molecule has 0 fully saturated rings. The summed E-state index contributed by atoms with van der Waals surface area (Å²) in [5, 5.41) is 12.4. The molecule has 218 valence electrons. The molecule has 1 aliphatic heterocycles. The molecule has 1 amide bonds. The Balaban J connectivity index is 1.55. The summed E-state index contributed by atoms with van der Waals surface area (Å²) in [6, 6.07) is 18.6. The van der Waals surface area contributed by atoms with Crippen LogP contribution in [0, 0.1) is 6.92 Å². The lowest BCUT2D eigenvalue weighted by Crippen LogP contribution is -2.41. The molecule has 1 aliphatic rings. The zero-order valence-electron chi connectivity index (χ0n) is 23.7. The fraction of sp³-hybridized carbons (Fsp3) is 0.375. The average Bonchev–Trinajstić information content (AvgIpc) is 3.44.